The van der Waals surface area contributed by atoms with Crippen molar-refractivity contribution in [1.29, 1.82) is 0 Å². The quantitative estimate of drug-likeness (QED) is 0.212. The van der Waals surface area contributed by atoms with Gasteiger partial charge in [0.25, 0.3) is 5.56 Å². The van der Waals surface area contributed by atoms with Gasteiger partial charge in [-0.3, -0.25) is 9.36 Å². The summed E-state index contributed by atoms with van der Waals surface area (Å²) in [6.07, 6.45) is 0.898. The second-order valence-electron chi connectivity index (χ2n) is 6.92. The number of para-hydroxylation sites is 1. The maximum absolute atomic E-state index is 13.1. The summed E-state index contributed by atoms with van der Waals surface area (Å²) in [7, 11) is 0. The van der Waals surface area contributed by atoms with Crippen LogP contribution in [0.15, 0.2) is 56.3 Å². The summed E-state index contributed by atoms with van der Waals surface area (Å²) in [5, 5.41) is 7.27. The number of benzene rings is 1. The molecule has 0 aliphatic heterocycles. The minimum absolute atomic E-state index is 0.0440. The molecule has 0 atom stereocenters. The van der Waals surface area contributed by atoms with E-state index in [-0.39, 0.29) is 11.7 Å². The fourth-order valence-corrected chi connectivity index (χ4v) is 4.45. The van der Waals surface area contributed by atoms with E-state index in [9.17, 15) is 4.79 Å². The highest BCUT2D eigenvalue weighted by Crippen LogP contribution is 2.25. The van der Waals surface area contributed by atoms with E-state index in [2.05, 4.69) is 10.1 Å². The standard InChI is InChI=1S/C21H22N4O3S2/c1-14(2)27-11-6-10-25-20(26)15-7-3-4-8-16(15)22-21(25)30-13-18-23-19(24-28-18)17-9-5-12-29-17/h3-5,7-9,12,14H,6,10-11,13H2,1-2H3. The van der Waals surface area contributed by atoms with Gasteiger partial charge in [0.15, 0.2) is 5.16 Å². The first kappa shape index (κ1) is 20.8. The number of thioether (sulfide) groups is 1. The summed E-state index contributed by atoms with van der Waals surface area (Å²) in [6, 6.07) is 11.3. The van der Waals surface area contributed by atoms with Gasteiger partial charge in [-0.1, -0.05) is 35.1 Å². The van der Waals surface area contributed by atoms with Crippen LogP contribution in [0.3, 0.4) is 0 Å². The van der Waals surface area contributed by atoms with Gasteiger partial charge in [-0.05, 0) is 43.8 Å². The number of nitrogens with zero attached hydrogens (tertiary/aromatic N) is 4. The molecule has 3 heterocycles. The summed E-state index contributed by atoms with van der Waals surface area (Å²) < 4.78 is 12.7. The van der Waals surface area contributed by atoms with Crippen LogP contribution in [0.25, 0.3) is 21.6 Å². The highest BCUT2D eigenvalue weighted by atomic mass is 32.2. The summed E-state index contributed by atoms with van der Waals surface area (Å²) >= 11 is 2.98. The van der Waals surface area contributed by atoms with Crippen LogP contribution in [0.1, 0.15) is 26.2 Å². The predicted octanol–water partition coefficient (Wildman–Crippen LogP) is 4.62. The molecule has 9 heteroatoms. The van der Waals surface area contributed by atoms with E-state index in [1.165, 1.54) is 11.8 Å². The number of hydrogen-bond acceptors (Lipinski definition) is 8. The van der Waals surface area contributed by atoms with Crippen LogP contribution in [-0.2, 0) is 17.0 Å². The third-order valence-corrected chi connectivity index (χ3v) is 6.17. The first-order valence-corrected chi connectivity index (χ1v) is 11.6. The first-order valence-electron chi connectivity index (χ1n) is 9.72. The van der Waals surface area contributed by atoms with Crippen molar-refractivity contribution in [3.05, 3.63) is 58.0 Å². The van der Waals surface area contributed by atoms with E-state index in [0.29, 0.717) is 46.7 Å². The summed E-state index contributed by atoms with van der Waals surface area (Å²) in [5.41, 5.74) is 0.641. The molecule has 0 amide bonds. The van der Waals surface area contributed by atoms with E-state index in [4.69, 9.17) is 14.2 Å². The molecule has 30 heavy (non-hydrogen) atoms. The van der Waals surface area contributed by atoms with Gasteiger partial charge in [-0.25, -0.2) is 4.98 Å². The third-order valence-electron chi connectivity index (χ3n) is 4.34. The van der Waals surface area contributed by atoms with E-state index in [1.54, 1.807) is 15.9 Å². The van der Waals surface area contributed by atoms with Crippen LogP contribution >= 0.6 is 23.1 Å². The Balaban J connectivity index is 1.55. The second-order valence-corrected chi connectivity index (χ2v) is 8.81. The number of hydrogen-bond donors (Lipinski definition) is 0. The van der Waals surface area contributed by atoms with Crippen LogP contribution in [-0.4, -0.2) is 32.4 Å². The highest BCUT2D eigenvalue weighted by Gasteiger charge is 2.15. The van der Waals surface area contributed by atoms with Crippen molar-refractivity contribution in [3.63, 3.8) is 0 Å². The zero-order valence-corrected chi connectivity index (χ0v) is 18.4. The SMILES string of the molecule is CC(C)OCCCn1c(SCc2nc(-c3cccs3)no2)nc2ccccc2c1=O. The lowest BCUT2D eigenvalue weighted by atomic mass is 10.2. The van der Waals surface area contributed by atoms with Crippen molar-refractivity contribution in [2.75, 3.05) is 6.61 Å². The summed E-state index contributed by atoms with van der Waals surface area (Å²) in [6.45, 7) is 5.13. The zero-order chi connectivity index (χ0) is 20.9. The molecule has 3 aromatic heterocycles. The number of ether oxygens (including phenoxy) is 1. The van der Waals surface area contributed by atoms with E-state index in [0.717, 1.165) is 11.3 Å². The zero-order valence-electron chi connectivity index (χ0n) is 16.8. The average Bonchev–Trinajstić information content (AvgIpc) is 3.43. The minimum atomic E-state index is -0.0440. The van der Waals surface area contributed by atoms with E-state index < -0.39 is 0 Å². The van der Waals surface area contributed by atoms with Gasteiger partial charge >= 0.3 is 0 Å². The summed E-state index contributed by atoms with van der Waals surface area (Å²) in [4.78, 5) is 23.2. The molecular weight excluding hydrogens is 420 g/mol. The predicted molar refractivity (Wildman–Crippen MR) is 119 cm³/mol. The number of aromatic nitrogens is 4. The van der Waals surface area contributed by atoms with Crippen molar-refractivity contribution in [2.45, 2.75) is 43.8 Å². The lowest BCUT2D eigenvalue weighted by Gasteiger charge is -2.13. The maximum atomic E-state index is 13.1. The van der Waals surface area contributed by atoms with Gasteiger partial charge in [-0.15, -0.1) is 11.3 Å². The topological polar surface area (TPSA) is 83.0 Å². The molecule has 0 N–H and O–H groups in total. The fourth-order valence-electron chi connectivity index (χ4n) is 2.94. The maximum Gasteiger partial charge on any atom is 0.262 e. The van der Waals surface area contributed by atoms with Gasteiger partial charge in [-0.2, -0.15) is 4.98 Å². The smallest absolute Gasteiger partial charge is 0.262 e. The van der Waals surface area contributed by atoms with E-state index >= 15 is 0 Å². The van der Waals surface area contributed by atoms with Crippen molar-refractivity contribution in [2.24, 2.45) is 0 Å². The Kier molecular flexibility index (Phi) is 6.61. The molecule has 0 saturated heterocycles. The largest absolute Gasteiger partial charge is 0.379 e. The normalized spacial score (nSPS) is 11.6. The molecule has 156 valence electrons. The molecule has 0 saturated carbocycles. The van der Waals surface area contributed by atoms with E-state index in [1.807, 2.05) is 55.6 Å². The number of fused-ring (bicyclic) bond motifs is 1. The molecule has 1 aromatic carbocycles. The first-order chi connectivity index (χ1) is 14.6. The molecule has 0 spiro atoms. The Morgan fingerprint density at radius 2 is 2.07 bits per heavy atom. The molecule has 7 nitrogen and oxygen atoms in total. The van der Waals surface area contributed by atoms with Crippen molar-refractivity contribution in [3.8, 4) is 10.7 Å². The van der Waals surface area contributed by atoms with Gasteiger partial charge in [0.05, 0.1) is 27.6 Å². The highest BCUT2D eigenvalue weighted by molar-refractivity contribution is 7.98. The molecule has 4 aromatic rings. The molecule has 0 radical (unpaired) electrons. The molecule has 0 fully saturated rings. The van der Waals surface area contributed by atoms with Crippen LogP contribution in [0, 0.1) is 0 Å². The Morgan fingerprint density at radius 3 is 2.87 bits per heavy atom. The fraction of sp³-hybridized carbons (Fsp3) is 0.333. The molecule has 0 bridgehead atoms. The van der Waals surface area contributed by atoms with Gasteiger partial charge < -0.3 is 9.26 Å². The number of thiophene rings is 1. The minimum Gasteiger partial charge on any atom is -0.379 e. The monoisotopic (exact) mass is 442 g/mol. The Bertz CT molecular complexity index is 1170. The van der Waals surface area contributed by atoms with Gasteiger partial charge in [0.1, 0.15) is 0 Å². The summed E-state index contributed by atoms with van der Waals surface area (Å²) in [5.74, 6) is 1.52. The Labute approximate surface area is 182 Å². The molecule has 4 rings (SSSR count). The lowest BCUT2D eigenvalue weighted by molar-refractivity contribution is 0.0743. The van der Waals surface area contributed by atoms with Gasteiger partial charge in [0, 0.05) is 13.2 Å². The molecule has 0 aliphatic rings. The second kappa shape index (κ2) is 9.55. The van der Waals surface area contributed by atoms with Crippen LogP contribution in [0.5, 0.6) is 0 Å². The average molecular weight is 443 g/mol. The van der Waals surface area contributed by atoms with Crippen molar-refractivity contribution >= 4 is 34.0 Å². The molecular formula is C21H22N4O3S2. The molecule has 0 unspecified atom stereocenters. The number of rotatable bonds is 9. The van der Waals surface area contributed by atoms with Crippen LogP contribution in [0.2, 0.25) is 0 Å². The molecule has 0 aliphatic carbocycles. The van der Waals surface area contributed by atoms with Gasteiger partial charge in [0.2, 0.25) is 11.7 Å². The lowest BCUT2D eigenvalue weighted by Crippen LogP contribution is -2.24. The third kappa shape index (κ3) is 4.80. The van der Waals surface area contributed by atoms with Crippen molar-refractivity contribution < 1.29 is 9.26 Å². The van der Waals surface area contributed by atoms with Crippen molar-refractivity contribution in [1.82, 2.24) is 19.7 Å². The Hall–Kier alpha value is -2.49. The Morgan fingerprint density at radius 1 is 1.20 bits per heavy atom. The van der Waals surface area contributed by atoms with Crippen LogP contribution in [0.4, 0.5) is 0 Å². The van der Waals surface area contributed by atoms with Crippen LogP contribution < -0.4 is 5.56 Å².